The summed E-state index contributed by atoms with van der Waals surface area (Å²) >= 11 is 0. The molecule has 0 saturated carbocycles. The maximum absolute atomic E-state index is 12.2. The molecule has 1 fully saturated rings. The van der Waals surface area contributed by atoms with Crippen molar-refractivity contribution in [2.75, 3.05) is 20.3 Å². The molecule has 1 heterocycles. The van der Waals surface area contributed by atoms with Gasteiger partial charge in [-0.2, -0.15) is 0 Å². The summed E-state index contributed by atoms with van der Waals surface area (Å²) in [6.07, 6.45) is 0. The smallest absolute Gasteiger partial charge is 0.335 e. The molecule has 0 aliphatic carbocycles. The van der Waals surface area contributed by atoms with Crippen LogP contribution in [0.1, 0.15) is 26.3 Å². The van der Waals surface area contributed by atoms with E-state index in [0.29, 0.717) is 13.2 Å². The van der Waals surface area contributed by atoms with Crippen molar-refractivity contribution in [3.05, 3.63) is 29.8 Å². The van der Waals surface area contributed by atoms with E-state index in [4.69, 9.17) is 4.74 Å². The second-order valence-corrected chi connectivity index (χ2v) is 6.02. The van der Waals surface area contributed by atoms with E-state index >= 15 is 0 Å². The molecule has 0 radical (unpaired) electrons. The molecule has 0 N–H and O–H groups in total. The number of nitrogens with zero attached hydrogens (tertiary/aromatic N) is 3. The van der Waals surface area contributed by atoms with Crippen molar-refractivity contribution < 1.29 is 19.1 Å². The Kier molecular flexibility index (Phi) is 5.56. The van der Waals surface area contributed by atoms with Crippen LogP contribution in [-0.4, -0.2) is 58.9 Å². The molecule has 0 bridgehead atoms. The Hall–Kier alpha value is -2.41. The minimum absolute atomic E-state index is 0.0693. The number of hydrogen-bond acceptors (Lipinski definition) is 5. The molecule has 0 spiro atoms. The lowest BCUT2D eigenvalue weighted by Gasteiger charge is -2.23. The van der Waals surface area contributed by atoms with E-state index in [2.05, 4.69) is 0 Å². The van der Waals surface area contributed by atoms with Crippen LogP contribution >= 0.6 is 0 Å². The summed E-state index contributed by atoms with van der Waals surface area (Å²) in [5.41, 5.74) is 1.02. The molecule has 130 valence electrons. The van der Waals surface area contributed by atoms with Gasteiger partial charge in [0.25, 0.3) is 0 Å². The highest BCUT2D eigenvalue weighted by Crippen LogP contribution is 2.17. The monoisotopic (exact) mass is 333 g/mol. The Labute approximate surface area is 141 Å². The number of urea groups is 1. The zero-order chi connectivity index (χ0) is 17.9. The standard InChI is InChI=1S/C17H23N3O4/c1-5-24-14-8-6-13(7-9-14)10-18(4)11-19-15(21)16(22)20(12(2)3)17(19)23/h6-9,12H,5,10-11H2,1-4H3. The molecule has 0 unspecified atom stereocenters. The highest BCUT2D eigenvalue weighted by molar-refractivity contribution is 6.44. The van der Waals surface area contributed by atoms with Gasteiger partial charge in [-0.25, -0.2) is 9.69 Å². The van der Waals surface area contributed by atoms with E-state index in [-0.39, 0.29) is 12.7 Å². The molecule has 2 rings (SSSR count). The van der Waals surface area contributed by atoms with E-state index in [1.165, 1.54) is 0 Å². The van der Waals surface area contributed by atoms with Gasteiger partial charge >= 0.3 is 17.8 Å². The van der Waals surface area contributed by atoms with Gasteiger partial charge in [-0.15, -0.1) is 0 Å². The van der Waals surface area contributed by atoms with Crippen LogP contribution in [0.4, 0.5) is 4.79 Å². The lowest BCUT2D eigenvalue weighted by molar-refractivity contribution is -0.144. The molecule has 1 aromatic carbocycles. The molecule has 1 saturated heterocycles. The number of benzene rings is 1. The lowest BCUT2D eigenvalue weighted by atomic mass is 10.2. The number of hydrogen-bond donors (Lipinski definition) is 0. The van der Waals surface area contributed by atoms with Crippen LogP contribution in [0, 0.1) is 0 Å². The Morgan fingerprint density at radius 1 is 1.08 bits per heavy atom. The summed E-state index contributed by atoms with van der Waals surface area (Å²) in [5.74, 6) is -0.733. The van der Waals surface area contributed by atoms with Crippen LogP contribution in [0.25, 0.3) is 0 Å². The minimum atomic E-state index is -0.771. The topological polar surface area (TPSA) is 70.2 Å². The molecular formula is C17H23N3O4. The second-order valence-electron chi connectivity index (χ2n) is 6.02. The molecule has 0 atom stereocenters. The van der Waals surface area contributed by atoms with Crippen molar-refractivity contribution in [3.8, 4) is 5.75 Å². The molecule has 7 nitrogen and oxygen atoms in total. The zero-order valence-electron chi connectivity index (χ0n) is 14.5. The predicted octanol–water partition coefficient (Wildman–Crippen LogP) is 1.67. The van der Waals surface area contributed by atoms with Crippen molar-refractivity contribution in [2.45, 2.75) is 33.4 Å². The van der Waals surface area contributed by atoms with Crippen LogP contribution in [0.5, 0.6) is 5.75 Å². The van der Waals surface area contributed by atoms with Gasteiger partial charge in [0.1, 0.15) is 5.75 Å². The molecule has 4 amide bonds. The SMILES string of the molecule is CCOc1ccc(CN(C)CN2C(=O)C(=O)N(C(C)C)C2=O)cc1. The third-order valence-corrected chi connectivity index (χ3v) is 3.67. The number of rotatable bonds is 7. The average molecular weight is 333 g/mol. The Morgan fingerprint density at radius 3 is 2.21 bits per heavy atom. The maximum atomic E-state index is 12.2. The first-order chi connectivity index (χ1) is 11.3. The van der Waals surface area contributed by atoms with Crippen molar-refractivity contribution in [1.82, 2.24) is 14.7 Å². The number of carbonyl (C=O) groups is 3. The number of imide groups is 2. The van der Waals surface area contributed by atoms with Crippen LogP contribution < -0.4 is 4.74 Å². The molecule has 1 aliphatic rings. The van der Waals surface area contributed by atoms with Gasteiger partial charge in [-0.1, -0.05) is 12.1 Å². The van der Waals surface area contributed by atoms with E-state index in [1.54, 1.807) is 20.9 Å². The minimum Gasteiger partial charge on any atom is -0.494 e. The molecule has 1 aliphatic heterocycles. The first-order valence-electron chi connectivity index (χ1n) is 7.94. The number of amides is 4. The highest BCUT2D eigenvalue weighted by atomic mass is 16.5. The van der Waals surface area contributed by atoms with E-state index < -0.39 is 17.8 Å². The maximum Gasteiger partial charge on any atom is 0.335 e. The summed E-state index contributed by atoms with van der Waals surface area (Å²) in [4.78, 5) is 39.9. The van der Waals surface area contributed by atoms with Crippen LogP contribution in [0.3, 0.4) is 0 Å². The van der Waals surface area contributed by atoms with Crippen LogP contribution in [0.15, 0.2) is 24.3 Å². The average Bonchev–Trinajstić information content (AvgIpc) is 2.73. The zero-order valence-corrected chi connectivity index (χ0v) is 14.5. The van der Waals surface area contributed by atoms with Crippen molar-refractivity contribution in [3.63, 3.8) is 0 Å². The Morgan fingerprint density at radius 2 is 1.71 bits per heavy atom. The summed E-state index contributed by atoms with van der Waals surface area (Å²) < 4.78 is 5.39. The van der Waals surface area contributed by atoms with Gasteiger partial charge in [-0.05, 0) is 45.5 Å². The highest BCUT2D eigenvalue weighted by Gasteiger charge is 2.45. The van der Waals surface area contributed by atoms with Gasteiger partial charge < -0.3 is 4.74 Å². The second kappa shape index (κ2) is 7.44. The summed E-state index contributed by atoms with van der Waals surface area (Å²) in [7, 11) is 1.79. The third-order valence-electron chi connectivity index (χ3n) is 3.67. The first kappa shape index (κ1) is 17.9. The van der Waals surface area contributed by atoms with Crippen LogP contribution in [0.2, 0.25) is 0 Å². The fraction of sp³-hybridized carbons (Fsp3) is 0.471. The van der Waals surface area contributed by atoms with E-state index in [0.717, 1.165) is 21.1 Å². The lowest BCUT2D eigenvalue weighted by Crippen LogP contribution is -2.41. The van der Waals surface area contributed by atoms with Crippen molar-refractivity contribution in [1.29, 1.82) is 0 Å². The predicted molar refractivity (Wildman–Crippen MR) is 88.2 cm³/mol. The molecule has 7 heteroatoms. The van der Waals surface area contributed by atoms with E-state index in [1.807, 2.05) is 36.1 Å². The fourth-order valence-electron chi connectivity index (χ4n) is 2.56. The first-order valence-corrected chi connectivity index (χ1v) is 7.94. The molecule has 24 heavy (non-hydrogen) atoms. The van der Waals surface area contributed by atoms with E-state index in [9.17, 15) is 14.4 Å². The van der Waals surface area contributed by atoms with Gasteiger partial charge in [0.05, 0.1) is 13.3 Å². The fourth-order valence-corrected chi connectivity index (χ4v) is 2.56. The third kappa shape index (κ3) is 3.73. The summed E-state index contributed by atoms with van der Waals surface area (Å²) in [6.45, 7) is 6.55. The summed E-state index contributed by atoms with van der Waals surface area (Å²) in [5, 5.41) is 0. The van der Waals surface area contributed by atoms with Crippen molar-refractivity contribution in [2.24, 2.45) is 0 Å². The quantitative estimate of drug-likeness (QED) is 0.561. The van der Waals surface area contributed by atoms with Gasteiger partial charge in [0.2, 0.25) is 0 Å². The number of ether oxygens (including phenoxy) is 1. The number of carbonyl (C=O) groups excluding carboxylic acids is 3. The van der Waals surface area contributed by atoms with Gasteiger partial charge in [-0.3, -0.25) is 19.4 Å². The van der Waals surface area contributed by atoms with Crippen molar-refractivity contribution >= 4 is 17.8 Å². The van der Waals surface area contributed by atoms with Crippen LogP contribution in [-0.2, 0) is 16.1 Å². The van der Waals surface area contributed by atoms with Gasteiger partial charge in [0, 0.05) is 12.6 Å². The molecule has 0 aromatic heterocycles. The molecular weight excluding hydrogens is 310 g/mol. The van der Waals surface area contributed by atoms with Gasteiger partial charge in [0.15, 0.2) is 0 Å². The normalized spacial score (nSPS) is 15.2. The summed E-state index contributed by atoms with van der Waals surface area (Å²) in [6, 6.07) is 6.72. The Balaban J connectivity index is 1.99. The molecule has 1 aromatic rings. The largest absolute Gasteiger partial charge is 0.494 e. The Bertz CT molecular complexity index is 627.